The zero-order valence-electron chi connectivity index (χ0n) is 55.9. The van der Waals surface area contributed by atoms with Crippen LogP contribution in [0.15, 0.2) is 97.2 Å². The van der Waals surface area contributed by atoms with Crippen LogP contribution in [0.25, 0.3) is 0 Å². The van der Waals surface area contributed by atoms with Gasteiger partial charge in [-0.05, 0) is 95.0 Å². The molecule has 1 aromatic heterocycles. The number of nitrogens with zero attached hydrogens (tertiary/aromatic N) is 5. The van der Waals surface area contributed by atoms with Crippen LogP contribution in [-0.4, -0.2) is 216 Å². The van der Waals surface area contributed by atoms with Gasteiger partial charge in [0.05, 0.1) is 63.5 Å². The second kappa shape index (κ2) is 38.7. The van der Waals surface area contributed by atoms with Crippen LogP contribution in [0.3, 0.4) is 0 Å². The van der Waals surface area contributed by atoms with Crippen molar-refractivity contribution in [2.24, 2.45) is 11.8 Å². The van der Waals surface area contributed by atoms with E-state index >= 15 is 0 Å². The van der Waals surface area contributed by atoms with Crippen molar-refractivity contribution >= 4 is 53.2 Å². The van der Waals surface area contributed by atoms with Crippen molar-refractivity contribution in [1.82, 2.24) is 67.3 Å². The third kappa shape index (κ3) is 21.8. The van der Waals surface area contributed by atoms with E-state index in [-0.39, 0.29) is 113 Å². The SMILES string of the molecule is CC[C@H](NC)C(=O)N[C@@H]1C(=O)N2[C@@H](CC[C@@H]1Cn1cc(CCC(=O)NCCOCCOCCOCCNC(=O)[C@@H](NC(=O)[C@@H]3CC[C@@H]4CC[C@H](CO)[C@H](NC(=O)[C@H](CC)NC)C(=O)N43)c3ccccc3)nn1)CC[C@H]2C(=O)NC(c1ccccc1)c1ccccc1.O=C(O)C(F)(F)F. The number of alkyl halides is 3. The lowest BCUT2D eigenvalue weighted by Gasteiger charge is -2.33. The van der Waals surface area contributed by atoms with Gasteiger partial charge in [-0.1, -0.05) is 110 Å². The molecular formula is C68H94F3N13O14. The molecule has 536 valence electrons. The summed E-state index contributed by atoms with van der Waals surface area (Å²) in [6, 6.07) is 21.9. The van der Waals surface area contributed by atoms with Gasteiger partial charge in [-0.15, -0.1) is 5.10 Å². The molecule has 4 aliphatic heterocycles. The summed E-state index contributed by atoms with van der Waals surface area (Å²) in [5, 5.41) is 49.9. The number of hydrogen-bond acceptors (Lipinski definition) is 17. The number of halogens is 3. The standard InChI is InChI=1S/C66H93N13O12.C2HF3O2/c1-5-51(67-3)60(82)73-58-46(22-25-49-27-29-53(78(49)65(58)87)62(84)71-56(43-16-10-7-11-17-43)44-18-12-8-13-19-44)40-77-41-48(75-76-77)24-31-55(81)69-32-34-89-36-38-91-39-37-90-35-33-70-64(86)57(45-20-14-9-15-21-45)72-63(85)54-30-28-50-26-23-47(42-80)59(66(88)79(50)54)74-61(83)52(6-2)68-4;3-2(4,5)1(6)7/h7-21,41,46-47,49-54,56-59,67-68,80H,5-6,22-40,42H2,1-4H3,(H,69,81)(H,70,86)(H,71,84)(H,72,85)(H,73,82)(H,74,83);(H,6,7)/t46-,47-,49+,50+,51+,52+,53+,54+,57+,58+,59+;/m1./s1. The highest BCUT2D eigenvalue weighted by atomic mass is 19.4. The molecule has 4 fully saturated rings. The first-order valence-corrected chi connectivity index (χ1v) is 33.6. The van der Waals surface area contributed by atoms with Crippen LogP contribution in [0.1, 0.15) is 119 Å². The number of hydrogen-bond donors (Lipinski definition) is 10. The maximum atomic E-state index is 14.9. The lowest BCUT2D eigenvalue weighted by molar-refractivity contribution is -0.192. The number of amides is 8. The van der Waals surface area contributed by atoms with Crippen molar-refractivity contribution in [2.45, 2.75) is 164 Å². The van der Waals surface area contributed by atoms with Crippen LogP contribution in [0, 0.1) is 11.8 Å². The first kappa shape index (κ1) is 76.9. The van der Waals surface area contributed by atoms with Crippen LogP contribution in [0.2, 0.25) is 0 Å². The Labute approximate surface area is 568 Å². The number of rotatable bonds is 34. The van der Waals surface area contributed by atoms with Crippen molar-refractivity contribution < 1.29 is 80.7 Å². The number of carbonyl (C=O) groups is 9. The van der Waals surface area contributed by atoms with Gasteiger partial charge in [-0.25, -0.2) is 4.79 Å². The third-order valence-electron chi connectivity index (χ3n) is 18.3. The van der Waals surface area contributed by atoms with Gasteiger partial charge >= 0.3 is 12.1 Å². The summed E-state index contributed by atoms with van der Waals surface area (Å²) in [6.07, 6.45) is 2.61. The number of aliphatic hydroxyl groups excluding tert-OH is 1. The normalized spacial score (nSPS) is 21.6. The van der Waals surface area contributed by atoms with Crippen LogP contribution in [0.5, 0.6) is 0 Å². The molecule has 5 heterocycles. The highest BCUT2D eigenvalue weighted by molar-refractivity contribution is 5.97. The van der Waals surface area contributed by atoms with Gasteiger partial charge in [-0.2, -0.15) is 13.2 Å². The number of likely N-dealkylation sites (N-methyl/N-ethyl adjacent to an activating group) is 2. The largest absolute Gasteiger partial charge is 0.490 e. The highest BCUT2D eigenvalue weighted by Crippen LogP contribution is 2.37. The third-order valence-corrected chi connectivity index (χ3v) is 18.3. The Morgan fingerprint density at radius 1 is 0.592 bits per heavy atom. The van der Waals surface area contributed by atoms with Crippen molar-refractivity contribution in [1.29, 1.82) is 0 Å². The van der Waals surface area contributed by atoms with Crippen molar-refractivity contribution in [3.8, 4) is 0 Å². The Bertz CT molecular complexity index is 3180. The van der Waals surface area contributed by atoms with Crippen molar-refractivity contribution in [3.63, 3.8) is 0 Å². The van der Waals surface area contributed by atoms with E-state index in [2.05, 4.69) is 52.8 Å². The van der Waals surface area contributed by atoms with Crippen LogP contribution < -0.4 is 42.5 Å². The number of carboxylic acids is 1. The van der Waals surface area contributed by atoms with E-state index in [0.717, 1.165) is 11.1 Å². The minimum absolute atomic E-state index is 0.152. The molecule has 10 N–H and O–H groups in total. The van der Waals surface area contributed by atoms with E-state index in [0.29, 0.717) is 88.5 Å². The predicted octanol–water partition coefficient (Wildman–Crippen LogP) is 2.39. The fraction of sp³-hybridized carbons (Fsp3) is 0.574. The summed E-state index contributed by atoms with van der Waals surface area (Å²) in [4.78, 5) is 123. The Balaban J connectivity index is 0.00000183. The fourth-order valence-electron chi connectivity index (χ4n) is 13.0. The van der Waals surface area contributed by atoms with Gasteiger partial charge in [0.15, 0.2) is 0 Å². The van der Waals surface area contributed by atoms with Crippen LogP contribution >= 0.6 is 0 Å². The number of ether oxygens (including phenoxy) is 3. The summed E-state index contributed by atoms with van der Waals surface area (Å²) in [6.45, 7) is 5.72. The van der Waals surface area contributed by atoms with E-state index in [1.165, 1.54) is 0 Å². The molecule has 0 spiro atoms. The zero-order valence-corrected chi connectivity index (χ0v) is 55.9. The quantitative estimate of drug-likeness (QED) is 0.0300. The second-order valence-corrected chi connectivity index (χ2v) is 24.6. The van der Waals surface area contributed by atoms with E-state index in [9.17, 15) is 56.6 Å². The number of fused-ring (bicyclic) bond motifs is 2. The average molecular weight is 1370 g/mol. The molecule has 0 bridgehead atoms. The zero-order chi connectivity index (χ0) is 70.7. The molecule has 0 aliphatic carbocycles. The summed E-state index contributed by atoms with van der Waals surface area (Å²) in [5.41, 5.74) is 3.00. The van der Waals surface area contributed by atoms with Crippen LogP contribution in [0.4, 0.5) is 13.2 Å². The van der Waals surface area contributed by atoms with Gasteiger partial charge in [0.25, 0.3) is 0 Å². The summed E-state index contributed by atoms with van der Waals surface area (Å²) in [7, 11) is 3.37. The monoisotopic (exact) mass is 1370 g/mol. The lowest BCUT2D eigenvalue weighted by Crippen LogP contribution is -2.59. The van der Waals surface area contributed by atoms with Crippen molar-refractivity contribution in [3.05, 3.63) is 120 Å². The Hall–Kier alpha value is -8.42. The van der Waals surface area contributed by atoms with E-state index in [4.69, 9.17) is 24.1 Å². The number of carboxylic acid groups (broad SMARTS) is 1. The lowest BCUT2D eigenvalue weighted by atomic mass is 9.92. The maximum Gasteiger partial charge on any atom is 0.490 e. The number of benzene rings is 3. The number of aryl methyl sites for hydroxylation is 1. The fourth-order valence-corrected chi connectivity index (χ4v) is 13.0. The minimum Gasteiger partial charge on any atom is -0.475 e. The molecule has 3 aromatic carbocycles. The molecule has 4 aliphatic rings. The first-order valence-electron chi connectivity index (χ1n) is 33.6. The number of nitrogens with one attached hydrogen (secondary N) is 8. The number of aliphatic hydroxyl groups is 1. The molecule has 0 saturated carbocycles. The molecular weight excluding hydrogens is 1280 g/mol. The maximum absolute atomic E-state index is 14.9. The van der Waals surface area contributed by atoms with Gasteiger partial charge in [0, 0.05) is 69.2 Å². The molecule has 0 radical (unpaired) electrons. The van der Waals surface area contributed by atoms with Gasteiger partial charge in [-0.3, -0.25) is 43.0 Å². The van der Waals surface area contributed by atoms with E-state index in [1.54, 1.807) is 65.1 Å². The Morgan fingerprint density at radius 2 is 1.03 bits per heavy atom. The summed E-state index contributed by atoms with van der Waals surface area (Å²) in [5.74, 6) is -6.35. The first-order chi connectivity index (χ1) is 47.2. The topological polar surface area (TPSA) is 355 Å². The summed E-state index contributed by atoms with van der Waals surface area (Å²) < 4.78 is 50.4. The molecule has 27 nitrogen and oxygen atoms in total. The number of carbonyl (C=O) groups excluding carboxylic acids is 8. The average Bonchev–Trinajstić information content (AvgIpc) is 1.63. The van der Waals surface area contributed by atoms with Crippen LogP contribution in [-0.2, 0) is 70.3 Å². The molecule has 4 aromatic rings. The Morgan fingerprint density at radius 3 is 1.50 bits per heavy atom. The van der Waals surface area contributed by atoms with E-state index < -0.39 is 84.1 Å². The number of aliphatic carboxylic acids is 1. The Kier molecular flexibility index (Phi) is 30.3. The van der Waals surface area contributed by atoms with E-state index in [1.807, 2.05) is 74.5 Å². The molecule has 0 unspecified atom stereocenters. The van der Waals surface area contributed by atoms with Gasteiger partial charge in [0.2, 0.25) is 47.3 Å². The smallest absolute Gasteiger partial charge is 0.475 e. The van der Waals surface area contributed by atoms with Crippen molar-refractivity contribution in [2.75, 3.05) is 73.4 Å². The van der Waals surface area contributed by atoms with Gasteiger partial charge in [0.1, 0.15) is 30.2 Å². The molecule has 98 heavy (non-hydrogen) atoms. The minimum atomic E-state index is -5.08. The summed E-state index contributed by atoms with van der Waals surface area (Å²) >= 11 is 0. The number of aromatic nitrogens is 3. The molecule has 11 atom stereocenters. The molecule has 4 saturated heterocycles. The second-order valence-electron chi connectivity index (χ2n) is 24.6. The molecule has 30 heteroatoms. The molecule has 8 amide bonds. The predicted molar refractivity (Wildman–Crippen MR) is 351 cm³/mol. The molecule has 8 rings (SSSR count). The highest BCUT2D eigenvalue weighted by Gasteiger charge is 2.50. The van der Waals surface area contributed by atoms with Gasteiger partial charge < -0.3 is 76.8 Å².